The largest absolute Gasteiger partial charge is 0.356 e. The highest BCUT2D eigenvalue weighted by Crippen LogP contribution is 2.14. The van der Waals surface area contributed by atoms with Gasteiger partial charge in [-0.15, -0.1) is 0 Å². The van der Waals surface area contributed by atoms with Crippen LogP contribution in [0.15, 0.2) is 24.3 Å². The molecular weight excluding hydrogens is 174 g/mol. The first-order valence-electron chi connectivity index (χ1n) is 4.90. The highest BCUT2D eigenvalue weighted by atomic mass is 16.1. The van der Waals surface area contributed by atoms with Gasteiger partial charge in [0.25, 0.3) is 0 Å². The molecule has 0 aliphatic carbocycles. The number of carbonyl (C=O) groups is 1. The molecule has 0 radical (unpaired) electrons. The number of nitrogens with one attached hydrogen (secondary N) is 1. The van der Waals surface area contributed by atoms with E-state index < -0.39 is 0 Å². The molecule has 1 amide bonds. The molecule has 0 unspecified atom stereocenters. The molecule has 0 aliphatic heterocycles. The van der Waals surface area contributed by atoms with Gasteiger partial charge in [0.2, 0.25) is 5.91 Å². The first kappa shape index (κ1) is 10.8. The van der Waals surface area contributed by atoms with Gasteiger partial charge in [0.15, 0.2) is 0 Å². The van der Waals surface area contributed by atoms with Crippen LogP contribution in [0.25, 0.3) is 0 Å². The van der Waals surface area contributed by atoms with Crippen molar-refractivity contribution in [1.29, 1.82) is 0 Å². The molecule has 1 rings (SSSR count). The maximum Gasteiger partial charge on any atom is 0.216 e. The average molecular weight is 191 g/mol. The van der Waals surface area contributed by atoms with Gasteiger partial charge in [0, 0.05) is 13.5 Å². The lowest BCUT2D eigenvalue weighted by molar-refractivity contribution is -0.119. The van der Waals surface area contributed by atoms with Gasteiger partial charge in [0.1, 0.15) is 0 Å². The van der Waals surface area contributed by atoms with Gasteiger partial charge in [-0.3, -0.25) is 4.79 Å². The van der Waals surface area contributed by atoms with Crippen LogP contribution in [0.3, 0.4) is 0 Å². The molecule has 76 valence electrons. The minimum atomic E-state index is 0.0314. The average Bonchev–Trinajstić information content (AvgIpc) is 2.15. The van der Waals surface area contributed by atoms with Crippen molar-refractivity contribution in [3.05, 3.63) is 35.4 Å². The fourth-order valence-corrected chi connectivity index (χ4v) is 1.31. The van der Waals surface area contributed by atoms with E-state index in [0.29, 0.717) is 12.5 Å². The third-order valence-electron chi connectivity index (χ3n) is 2.30. The zero-order valence-electron chi connectivity index (χ0n) is 9.00. The summed E-state index contributed by atoms with van der Waals surface area (Å²) >= 11 is 0. The van der Waals surface area contributed by atoms with E-state index in [4.69, 9.17) is 0 Å². The Bertz CT molecular complexity index is 303. The van der Waals surface area contributed by atoms with E-state index in [1.165, 1.54) is 11.1 Å². The molecule has 0 saturated heterocycles. The van der Waals surface area contributed by atoms with Crippen molar-refractivity contribution in [2.24, 2.45) is 0 Å². The van der Waals surface area contributed by atoms with Crippen LogP contribution in [0.5, 0.6) is 0 Å². The van der Waals surface area contributed by atoms with Crippen LogP contribution < -0.4 is 5.32 Å². The SMILES string of the molecule is CC(=O)NC[C@@H](C)c1ccc(C)cc1. The molecule has 1 N–H and O–H groups in total. The highest BCUT2D eigenvalue weighted by Gasteiger charge is 2.04. The van der Waals surface area contributed by atoms with Crippen molar-refractivity contribution < 1.29 is 4.79 Å². The van der Waals surface area contributed by atoms with E-state index in [2.05, 4.69) is 43.4 Å². The van der Waals surface area contributed by atoms with Crippen molar-refractivity contribution in [1.82, 2.24) is 5.32 Å². The molecule has 0 saturated carbocycles. The number of amides is 1. The van der Waals surface area contributed by atoms with Crippen LogP contribution in [0.2, 0.25) is 0 Å². The summed E-state index contributed by atoms with van der Waals surface area (Å²) in [7, 11) is 0. The van der Waals surface area contributed by atoms with Gasteiger partial charge < -0.3 is 5.32 Å². The van der Waals surface area contributed by atoms with E-state index in [-0.39, 0.29) is 5.91 Å². The van der Waals surface area contributed by atoms with E-state index in [0.717, 1.165) is 0 Å². The van der Waals surface area contributed by atoms with Gasteiger partial charge in [0.05, 0.1) is 0 Å². The quantitative estimate of drug-likeness (QED) is 0.780. The number of hydrogen-bond donors (Lipinski definition) is 1. The van der Waals surface area contributed by atoms with Crippen LogP contribution in [0, 0.1) is 6.92 Å². The van der Waals surface area contributed by atoms with Crippen LogP contribution >= 0.6 is 0 Å². The molecule has 0 bridgehead atoms. The van der Waals surface area contributed by atoms with Gasteiger partial charge >= 0.3 is 0 Å². The summed E-state index contributed by atoms with van der Waals surface area (Å²) in [5, 5.41) is 2.82. The summed E-state index contributed by atoms with van der Waals surface area (Å²) in [5.74, 6) is 0.406. The van der Waals surface area contributed by atoms with Crippen LogP contribution in [0.1, 0.15) is 30.9 Å². The Kier molecular flexibility index (Phi) is 3.69. The molecule has 2 heteroatoms. The molecular formula is C12H17NO. The molecule has 0 aromatic heterocycles. The third kappa shape index (κ3) is 3.21. The summed E-state index contributed by atoms with van der Waals surface area (Å²) in [6, 6.07) is 8.42. The van der Waals surface area contributed by atoms with Crippen molar-refractivity contribution in [2.75, 3.05) is 6.54 Å². The molecule has 0 aliphatic rings. The topological polar surface area (TPSA) is 29.1 Å². The maximum atomic E-state index is 10.7. The molecule has 1 aromatic carbocycles. The predicted molar refractivity (Wildman–Crippen MR) is 58.3 cm³/mol. The fourth-order valence-electron chi connectivity index (χ4n) is 1.31. The number of carbonyl (C=O) groups excluding carboxylic acids is 1. The fraction of sp³-hybridized carbons (Fsp3) is 0.417. The number of hydrogen-bond acceptors (Lipinski definition) is 1. The summed E-state index contributed by atoms with van der Waals surface area (Å²) in [6.07, 6.45) is 0. The van der Waals surface area contributed by atoms with E-state index in [1.54, 1.807) is 6.92 Å². The summed E-state index contributed by atoms with van der Waals surface area (Å²) in [5.41, 5.74) is 2.53. The smallest absolute Gasteiger partial charge is 0.216 e. The second kappa shape index (κ2) is 4.80. The number of rotatable bonds is 3. The van der Waals surface area contributed by atoms with Gasteiger partial charge in [-0.25, -0.2) is 0 Å². The molecule has 1 atom stereocenters. The zero-order chi connectivity index (χ0) is 10.6. The Morgan fingerprint density at radius 2 is 1.93 bits per heavy atom. The van der Waals surface area contributed by atoms with E-state index in [1.807, 2.05) is 0 Å². The van der Waals surface area contributed by atoms with Crippen LogP contribution in [-0.4, -0.2) is 12.5 Å². The van der Waals surface area contributed by atoms with Crippen molar-refractivity contribution in [2.45, 2.75) is 26.7 Å². The first-order valence-corrected chi connectivity index (χ1v) is 4.90. The lowest BCUT2D eigenvalue weighted by Gasteiger charge is -2.12. The Balaban J connectivity index is 2.56. The van der Waals surface area contributed by atoms with Crippen LogP contribution in [0.4, 0.5) is 0 Å². The van der Waals surface area contributed by atoms with Crippen molar-refractivity contribution in [3.63, 3.8) is 0 Å². The molecule has 0 fully saturated rings. The maximum absolute atomic E-state index is 10.7. The molecule has 0 heterocycles. The van der Waals surface area contributed by atoms with E-state index >= 15 is 0 Å². The summed E-state index contributed by atoms with van der Waals surface area (Å²) in [6.45, 7) is 6.43. The van der Waals surface area contributed by atoms with Crippen molar-refractivity contribution >= 4 is 5.91 Å². The minimum Gasteiger partial charge on any atom is -0.356 e. The lowest BCUT2D eigenvalue weighted by Crippen LogP contribution is -2.24. The number of benzene rings is 1. The lowest BCUT2D eigenvalue weighted by atomic mass is 10.0. The zero-order valence-corrected chi connectivity index (χ0v) is 9.00. The second-order valence-electron chi connectivity index (χ2n) is 3.75. The molecule has 1 aromatic rings. The Morgan fingerprint density at radius 1 is 1.36 bits per heavy atom. The number of aryl methyl sites for hydroxylation is 1. The Morgan fingerprint density at radius 3 is 2.43 bits per heavy atom. The van der Waals surface area contributed by atoms with Gasteiger partial charge in [-0.1, -0.05) is 36.8 Å². The Hall–Kier alpha value is -1.31. The van der Waals surface area contributed by atoms with Crippen molar-refractivity contribution in [3.8, 4) is 0 Å². The minimum absolute atomic E-state index is 0.0314. The summed E-state index contributed by atoms with van der Waals surface area (Å²) < 4.78 is 0. The molecule has 14 heavy (non-hydrogen) atoms. The molecule has 0 spiro atoms. The normalized spacial score (nSPS) is 12.2. The van der Waals surface area contributed by atoms with Gasteiger partial charge in [-0.2, -0.15) is 0 Å². The van der Waals surface area contributed by atoms with Crippen LogP contribution in [-0.2, 0) is 4.79 Å². The summed E-state index contributed by atoms with van der Waals surface area (Å²) in [4.78, 5) is 10.7. The highest BCUT2D eigenvalue weighted by molar-refractivity contribution is 5.72. The monoisotopic (exact) mass is 191 g/mol. The third-order valence-corrected chi connectivity index (χ3v) is 2.30. The first-order chi connectivity index (χ1) is 6.59. The van der Waals surface area contributed by atoms with Gasteiger partial charge in [-0.05, 0) is 18.4 Å². The van der Waals surface area contributed by atoms with E-state index in [9.17, 15) is 4.79 Å². The predicted octanol–water partition coefficient (Wildman–Crippen LogP) is 2.23. The second-order valence-corrected chi connectivity index (χ2v) is 3.75. The molecule has 2 nitrogen and oxygen atoms in total. The Labute approximate surface area is 85.3 Å². The standard InChI is InChI=1S/C12H17NO/c1-9-4-6-12(7-5-9)10(2)8-13-11(3)14/h4-7,10H,8H2,1-3H3,(H,13,14)/t10-/m1/s1.